The fourth-order valence-corrected chi connectivity index (χ4v) is 5.63. The third kappa shape index (κ3) is 2.56. The second-order valence-corrected chi connectivity index (χ2v) is 8.07. The molecule has 5 aliphatic rings. The van der Waals surface area contributed by atoms with Gasteiger partial charge in [-0.05, 0) is 56.0 Å². The van der Waals surface area contributed by atoms with E-state index in [0.717, 1.165) is 45.0 Å². The van der Waals surface area contributed by atoms with Crippen LogP contribution in [0.15, 0.2) is 18.2 Å². The standard InChI is InChI=1S/C19H24F2N4O/c20-13-7-12(8-14(21)9-13)15-10-25(19(26)16-1-4-22-23-16)17-11-2-5-24(6-3-11)18(15)17/h7-9,11,15-18,22-23H,1-6,10H2/t15-,16?,17-,18-/m1/s1. The summed E-state index contributed by atoms with van der Waals surface area (Å²) in [7, 11) is 0. The summed E-state index contributed by atoms with van der Waals surface area (Å²) in [6, 6.07) is 3.93. The predicted molar refractivity (Wildman–Crippen MR) is 92.2 cm³/mol. The molecule has 5 saturated heterocycles. The lowest BCUT2D eigenvalue weighted by Crippen LogP contribution is -2.62. The lowest BCUT2D eigenvalue weighted by Gasteiger charge is -2.51. The molecule has 1 amide bonds. The van der Waals surface area contributed by atoms with Crippen LogP contribution >= 0.6 is 0 Å². The van der Waals surface area contributed by atoms with E-state index in [-0.39, 0.29) is 30.0 Å². The zero-order chi connectivity index (χ0) is 17.8. The first-order chi connectivity index (χ1) is 12.6. The Balaban J connectivity index is 1.51. The van der Waals surface area contributed by atoms with Crippen molar-refractivity contribution >= 4 is 5.91 Å². The summed E-state index contributed by atoms with van der Waals surface area (Å²) in [6.07, 6.45) is 2.98. The van der Waals surface area contributed by atoms with Crippen LogP contribution in [0.4, 0.5) is 8.78 Å². The van der Waals surface area contributed by atoms with E-state index in [0.29, 0.717) is 18.0 Å². The molecule has 0 aliphatic carbocycles. The molecule has 1 aromatic carbocycles. The number of carbonyl (C=O) groups is 1. The molecule has 5 heterocycles. The highest BCUT2D eigenvalue weighted by atomic mass is 19.1. The summed E-state index contributed by atoms with van der Waals surface area (Å²) in [5, 5.41) is 0. The molecule has 26 heavy (non-hydrogen) atoms. The van der Waals surface area contributed by atoms with Gasteiger partial charge in [-0.1, -0.05) is 0 Å². The zero-order valence-corrected chi connectivity index (χ0v) is 14.6. The Kier molecular flexibility index (Phi) is 3.99. The fourth-order valence-electron chi connectivity index (χ4n) is 5.63. The minimum absolute atomic E-state index is 0.0355. The van der Waals surface area contributed by atoms with Crippen molar-refractivity contribution < 1.29 is 13.6 Å². The Hall–Kier alpha value is -1.57. The third-order valence-corrected chi connectivity index (χ3v) is 6.72. The van der Waals surface area contributed by atoms with E-state index in [9.17, 15) is 13.6 Å². The van der Waals surface area contributed by atoms with Gasteiger partial charge in [0.15, 0.2) is 0 Å². The van der Waals surface area contributed by atoms with E-state index < -0.39 is 11.6 Å². The van der Waals surface area contributed by atoms with Crippen LogP contribution in [0.3, 0.4) is 0 Å². The van der Waals surface area contributed by atoms with E-state index >= 15 is 0 Å². The van der Waals surface area contributed by atoms with Crippen molar-refractivity contribution in [3.8, 4) is 0 Å². The summed E-state index contributed by atoms with van der Waals surface area (Å²) < 4.78 is 27.7. The van der Waals surface area contributed by atoms with E-state index in [1.807, 2.05) is 4.90 Å². The van der Waals surface area contributed by atoms with Crippen LogP contribution in [0.25, 0.3) is 0 Å². The van der Waals surface area contributed by atoms with Crippen molar-refractivity contribution in [1.29, 1.82) is 0 Å². The van der Waals surface area contributed by atoms with Crippen LogP contribution in [-0.4, -0.2) is 60.0 Å². The molecule has 1 aromatic rings. The predicted octanol–water partition coefficient (Wildman–Crippen LogP) is 1.22. The highest BCUT2D eigenvalue weighted by molar-refractivity contribution is 5.83. The van der Waals surface area contributed by atoms with Gasteiger partial charge in [-0.15, -0.1) is 0 Å². The van der Waals surface area contributed by atoms with Gasteiger partial charge in [0.1, 0.15) is 17.7 Å². The fraction of sp³-hybridized carbons (Fsp3) is 0.632. The van der Waals surface area contributed by atoms with Gasteiger partial charge < -0.3 is 4.90 Å². The number of rotatable bonds is 2. The second kappa shape index (κ2) is 6.25. The molecular weight excluding hydrogens is 338 g/mol. The molecule has 5 aliphatic heterocycles. The lowest BCUT2D eigenvalue weighted by molar-refractivity contribution is -0.138. The first-order valence-electron chi connectivity index (χ1n) is 9.61. The summed E-state index contributed by atoms with van der Waals surface area (Å²) in [5.74, 6) is -0.505. The number of nitrogens with zero attached hydrogens (tertiary/aromatic N) is 2. The number of hydrazine groups is 1. The number of nitrogens with one attached hydrogen (secondary N) is 2. The number of amides is 1. The van der Waals surface area contributed by atoms with E-state index in [4.69, 9.17) is 0 Å². The number of halogens is 2. The molecule has 2 N–H and O–H groups in total. The second-order valence-electron chi connectivity index (χ2n) is 8.07. The van der Waals surface area contributed by atoms with Crippen molar-refractivity contribution in [3.63, 3.8) is 0 Å². The average molecular weight is 362 g/mol. The van der Waals surface area contributed by atoms with Crippen LogP contribution in [0, 0.1) is 17.6 Å². The maximum absolute atomic E-state index is 13.8. The van der Waals surface area contributed by atoms with Crippen molar-refractivity contribution in [1.82, 2.24) is 20.7 Å². The minimum Gasteiger partial charge on any atom is -0.336 e. The molecule has 5 nitrogen and oxygen atoms in total. The molecule has 0 aromatic heterocycles. The summed E-state index contributed by atoms with van der Waals surface area (Å²) in [5.41, 5.74) is 6.78. The topological polar surface area (TPSA) is 47.6 Å². The van der Waals surface area contributed by atoms with Crippen LogP contribution in [0.1, 0.15) is 30.7 Å². The Morgan fingerprint density at radius 3 is 2.42 bits per heavy atom. The normalized spacial score (nSPS) is 38.6. The Labute approximate surface area is 151 Å². The number of likely N-dealkylation sites (tertiary alicyclic amines) is 1. The molecular formula is C19H24F2N4O. The van der Waals surface area contributed by atoms with Crippen LogP contribution in [0.5, 0.6) is 0 Å². The van der Waals surface area contributed by atoms with Crippen molar-refractivity contribution in [2.75, 3.05) is 26.2 Å². The number of fused-ring (bicyclic) bond motifs is 2. The number of hydrogen-bond acceptors (Lipinski definition) is 4. The molecule has 140 valence electrons. The molecule has 5 fully saturated rings. The maximum atomic E-state index is 13.8. The number of hydrogen-bond donors (Lipinski definition) is 2. The number of piperidine rings is 3. The van der Waals surface area contributed by atoms with Crippen molar-refractivity contribution in [2.45, 2.75) is 43.3 Å². The van der Waals surface area contributed by atoms with E-state index in [1.54, 1.807) is 0 Å². The molecule has 7 heteroatoms. The Morgan fingerprint density at radius 2 is 1.77 bits per heavy atom. The molecule has 0 radical (unpaired) electrons. The first kappa shape index (κ1) is 16.6. The number of benzene rings is 1. The molecule has 0 saturated carbocycles. The van der Waals surface area contributed by atoms with Gasteiger partial charge >= 0.3 is 0 Å². The average Bonchev–Trinajstić information content (AvgIpc) is 3.30. The lowest BCUT2D eigenvalue weighted by atomic mass is 9.75. The molecule has 1 unspecified atom stereocenters. The van der Waals surface area contributed by atoms with Gasteiger partial charge in [0.05, 0.1) is 6.04 Å². The van der Waals surface area contributed by atoms with Gasteiger partial charge in [-0.2, -0.15) is 0 Å². The van der Waals surface area contributed by atoms with Gasteiger partial charge in [0, 0.05) is 31.1 Å². The highest BCUT2D eigenvalue weighted by Gasteiger charge is 2.55. The van der Waals surface area contributed by atoms with Crippen molar-refractivity contribution in [2.24, 2.45) is 5.92 Å². The monoisotopic (exact) mass is 362 g/mol. The third-order valence-electron chi connectivity index (χ3n) is 6.72. The molecule has 4 atom stereocenters. The smallest absolute Gasteiger partial charge is 0.241 e. The Bertz CT molecular complexity index is 695. The van der Waals surface area contributed by atoms with Crippen LogP contribution in [0.2, 0.25) is 0 Å². The summed E-state index contributed by atoms with van der Waals surface area (Å²) >= 11 is 0. The minimum atomic E-state index is -0.543. The van der Waals surface area contributed by atoms with Crippen molar-refractivity contribution in [3.05, 3.63) is 35.4 Å². The van der Waals surface area contributed by atoms with Gasteiger partial charge in [-0.25, -0.2) is 14.2 Å². The van der Waals surface area contributed by atoms with E-state index in [1.165, 1.54) is 12.1 Å². The largest absolute Gasteiger partial charge is 0.336 e. The summed E-state index contributed by atoms with van der Waals surface area (Å²) in [6.45, 7) is 3.37. The Morgan fingerprint density at radius 1 is 1.04 bits per heavy atom. The molecule has 0 spiro atoms. The van der Waals surface area contributed by atoms with Crippen LogP contribution in [-0.2, 0) is 4.79 Å². The maximum Gasteiger partial charge on any atom is 0.241 e. The highest BCUT2D eigenvalue weighted by Crippen LogP contribution is 2.47. The van der Waals surface area contributed by atoms with Gasteiger partial charge in [0.2, 0.25) is 5.91 Å². The zero-order valence-electron chi connectivity index (χ0n) is 14.6. The van der Waals surface area contributed by atoms with E-state index in [2.05, 4.69) is 15.8 Å². The van der Waals surface area contributed by atoms with Crippen LogP contribution < -0.4 is 10.9 Å². The molecule has 6 rings (SSSR count). The first-order valence-corrected chi connectivity index (χ1v) is 9.61. The summed E-state index contributed by atoms with van der Waals surface area (Å²) in [4.78, 5) is 17.6. The number of carbonyl (C=O) groups excluding carboxylic acids is 1. The quantitative estimate of drug-likeness (QED) is 0.831. The van der Waals surface area contributed by atoms with Gasteiger partial charge in [0.25, 0.3) is 0 Å². The van der Waals surface area contributed by atoms with Gasteiger partial charge in [-0.3, -0.25) is 15.1 Å². The SMILES string of the molecule is O=C(C1CCNN1)N1C[C@H](c2cc(F)cc(F)c2)[C@@H]2[C@H]1C1CCN2CC1. The molecule has 2 bridgehead atoms.